The lowest BCUT2D eigenvalue weighted by Crippen LogP contribution is -2.32. The van der Waals surface area contributed by atoms with E-state index in [0.717, 1.165) is 4.90 Å². The van der Waals surface area contributed by atoms with Gasteiger partial charge in [0.25, 0.3) is 0 Å². The van der Waals surface area contributed by atoms with Crippen molar-refractivity contribution in [1.29, 1.82) is 0 Å². The molecular weight excluding hydrogens is 231 g/mol. The van der Waals surface area contributed by atoms with E-state index in [1.54, 1.807) is 0 Å². The van der Waals surface area contributed by atoms with Crippen LogP contribution in [-0.2, 0) is 14.3 Å². The molecule has 0 aromatic rings. The van der Waals surface area contributed by atoms with Crippen molar-refractivity contribution in [2.24, 2.45) is 0 Å². The van der Waals surface area contributed by atoms with Crippen molar-refractivity contribution in [2.75, 3.05) is 27.3 Å². The van der Waals surface area contributed by atoms with Crippen molar-refractivity contribution >= 4 is 12.1 Å². The summed E-state index contributed by atoms with van der Waals surface area (Å²) >= 11 is 0. The zero-order valence-electron chi connectivity index (χ0n) is 8.84. The van der Waals surface area contributed by atoms with Gasteiger partial charge in [-0.3, -0.25) is 4.79 Å². The van der Waals surface area contributed by atoms with E-state index >= 15 is 0 Å². The molecular formula is C8H12F3NO4. The van der Waals surface area contributed by atoms with Crippen molar-refractivity contribution in [1.82, 2.24) is 4.90 Å². The van der Waals surface area contributed by atoms with E-state index in [-0.39, 0.29) is 13.0 Å². The fourth-order valence-corrected chi connectivity index (χ4v) is 0.706. The van der Waals surface area contributed by atoms with Crippen LogP contribution in [0.1, 0.15) is 6.42 Å². The fraction of sp³-hybridized carbons (Fsp3) is 0.750. The highest BCUT2D eigenvalue weighted by Gasteiger charge is 2.30. The smallest absolute Gasteiger partial charge is 0.422 e. The minimum absolute atomic E-state index is 0.0661. The Labute approximate surface area is 90.1 Å². The predicted octanol–water partition coefficient (Wildman–Crippen LogP) is 1.18. The Kier molecular flexibility index (Phi) is 5.62. The Morgan fingerprint density at radius 3 is 2.31 bits per heavy atom. The maximum atomic E-state index is 11.7. The van der Waals surface area contributed by atoms with Crippen LogP contribution in [-0.4, -0.2) is 50.4 Å². The Morgan fingerprint density at radius 1 is 1.31 bits per heavy atom. The Morgan fingerprint density at radius 2 is 1.88 bits per heavy atom. The molecule has 0 saturated heterocycles. The van der Waals surface area contributed by atoms with Gasteiger partial charge in [-0.1, -0.05) is 0 Å². The second kappa shape index (κ2) is 6.19. The molecule has 0 spiro atoms. The number of alkyl halides is 3. The summed E-state index contributed by atoms with van der Waals surface area (Å²) in [6.45, 7) is -1.71. The molecule has 0 rings (SSSR count). The summed E-state index contributed by atoms with van der Waals surface area (Å²) in [6, 6.07) is 0. The minimum Gasteiger partial charge on any atom is -0.469 e. The molecule has 94 valence electrons. The molecule has 5 nitrogen and oxygen atoms in total. The third-order valence-electron chi connectivity index (χ3n) is 1.55. The van der Waals surface area contributed by atoms with Gasteiger partial charge in [0.1, 0.15) is 0 Å². The van der Waals surface area contributed by atoms with Crippen LogP contribution in [0.5, 0.6) is 0 Å². The summed E-state index contributed by atoms with van der Waals surface area (Å²) in [7, 11) is 2.39. The monoisotopic (exact) mass is 243 g/mol. The lowest BCUT2D eigenvalue weighted by atomic mass is 10.4. The van der Waals surface area contributed by atoms with Crippen LogP contribution in [0.4, 0.5) is 18.0 Å². The molecule has 0 heterocycles. The third kappa shape index (κ3) is 6.91. The van der Waals surface area contributed by atoms with E-state index < -0.39 is 24.8 Å². The van der Waals surface area contributed by atoms with E-state index in [4.69, 9.17) is 0 Å². The molecule has 0 aliphatic heterocycles. The molecule has 16 heavy (non-hydrogen) atoms. The van der Waals surface area contributed by atoms with Gasteiger partial charge in [-0.25, -0.2) is 4.79 Å². The van der Waals surface area contributed by atoms with Gasteiger partial charge in [0.2, 0.25) is 0 Å². The largest absolute Gasteiger partial charge is 0.469 e. The summed E-state index contributed by atoms with van der Waals surface area (Å²) in [5.74, 6) is -0.560. The van der Waals surface area contributed by atoms with E-state index in [2.05, 4.69) is 9.47 Å². The summed E-state index contributed by atoms with van der Waals surface area (Å²) in [5, 5.41) is 0. The topological polar surface area (TPSA) is 55.8 Å². The number of carbonyl (C=O) groups is 2. The summed E-state index contributed by atoms with van der Waals surface area (Å²) in [4.78, 5) is 22.5. The van der Waals surface area contributed by atoms with Gasteiger partial charge < -0.3 is 14.4 Å². The molecule has 0 aliphatic rings. The second-order valence-corrected chi connectivity index (χ2v) is 2.92. The average Bonchev–Trinajstić information content (AvgIpc) is 2.20. The van der Waals surface area contributed by atoms with E-state index in [0.29, 0.717) is 0 Å². The van der Waals surface area contributed by atoms with Crippen molar-refractivity contribution in [3.05, 3.63) is 0 Å². The van der Waals surface area contributed by atoms with Crippen LogP contribution < -0.4 is 0 Å². The van der Waals surface area contributed by atoms with Crippen LogP contribution in [0, 0.1) is 0 Å². The minimum atomic E-state index is -4.56. The van der Waals surface area contributed by atoms with Crippen molar-refractivity contribution < 1.29 is 32.2 Å². The van der Waals surface area contributed by atoms with Crippen LogP contribution in [0.2, 0.25) is 0 Å². The second-order valence-electron chi connectivity index (χ2n) is 2.92. The molecule has 0 unspecified atom stereocenters. The van der Waals surface area contributed by atoms with Gasteiger partial charge in [0.05, 0.1) is 13.5 Å². The SMILES string of the molecule is COC(=O)CCN(C)C(=O)OCC(F)(F)F. The highest BCUT2D eigenvalue weighted by atomic mass is 19.4. The number of hydrogen-bond acceptors (Lipinski definition) is 4. The van der Waals surface area contributed by atoms with Crippen LogP contribution in [0.15, 0.2) is 0 Å². The maximum absolute atomic E-state index is 11.7. The Balaban J connectivity index is 3.86. The number of ether oxygens (including phenoxy) is 2. The van der Waals surface area contributed by atoms with Gasteiger partial charge in [-0.05, 0) is 0 Å². The molecule has 0 radical (unpaired) electrons. The first kappa shape index (κ1) is 14.5. The number of halogens is 3. The first-order chi connectivity index (χ1) is 7.26. The standard InChI is InChI=1S/C8H12F3NO4/c1-12(4-3-6(13)15-2)7(14)16-5-8(9,10)11/h3-5H2,1-2H3. The van der Waals surface area contributed by atoms with Gasteiger partial charge in [-0.2, -0.15) is 13.2 Å². The lowest BCUT2D eigenvalue weighted by Gasteiger charge is -2.16. The van der Waals surface area contributed by atoms with Crippen LogP contribution >= 0.6 is 0 Å². The summed E-state index contributed by atoms with van der Waals surface area (Å²) < 4.78 is 43.3. The van der Waals surface area contributed by atoms with Crippen molar-refractivity contribution in [3.63, 3.8) is 0 Å². The van der Waals surface area contributed by atoms with Crippen LogP contribution in [0.3, 0.4) is 0 Å². The van der Waals surface area contributed by atoms with Gasteiger partial charge in [0.15, 0.2) is 6.61 Å². The van der Waals surface area contributed by atoms with Crippen molar-refractivity contribution in [3.8, 4) is 0 Å². The highest BCUT2D eigenvalue weighted by Crippen LogP contribution is 2.14. The van der Waals surface area contributed by atoms with Gasteiger partial charge in [0, 0.05) is 13.6 Å². The van der Waals surface area contributed by atoms with Gasteiger partial charge >= 0.3 is 18.2 Å². The first-order valence-corrected chi connectivity index (χ1v) is 4.27. The molecule has 0 saturated carbocycles. The quantitative estimate of drug-likeness (QED) is 0.696. The predicted molar refractivity (Wildman–Crippen MR) is 46.7 cm³/mol. The normalized spacial score (nSPS) is 10.8. The number of rotatable bonds is 4. The molecule has 0 aliphatic carbocycles. The Bertz CT molecular complexity index is 254. The zero-order chi connectivity index (χ0) is 12.8. The number of esters is 1. The average molecular weight is 243 g/mol. The van der Waals surface area contributed by atoms with E-state index in [1.807, 2.05) is 0 Å². The summed E-state index contributed by atoms with van der Waals surface area (Å²) in [5.41, 5.74) is 0. The molecule has 0 atom stereocenters. The summed E-state index contributed by atoms with van der Waals surface area (Å²) in [6.07, 6.45) is -5.80. The molecule has 0 aromatic carbocycles. The van der Waals surface area contributed by atoms with Crippen molar-refractivity contribution in [2.45, 2.75) is 12.6 Å². The number of nitrogens with zero attached hydrogens (tertiary/aromatic N) is 1. The maximum Gasteiger partial charge on any atom is 0.422 e. The Hall–Kier alpha value is -1.47. The first-order valence-electron chi connectivity index (χ1n) is 4.27. The lowest BCUT2D eigenvalue weighted by molar-refractivity contribution is -0.162. The fourth-order valence-electron chi connectivity index (χ4n) is 0.706. The molecule has 1 amide bonds. The van der Waals surface area contributed by atoms with Crippen LogP contribution in [0.25, 0.3) is 0 Å². The zero-order valence-corrected chi connectivity index (χ0v) is 8.84. The molecule has 0 fully saturated rings. The number of carbonyl (C=O) groups excluding carboxylic acids is 2. The number of methoxy groups -OCH3 is 1. The molecule has 0 aromatic heterocycles. The van der Waals surface area contributed by atoms with Gasteiger partial charge in [-0.15, -0.1) is 0 Å². The van der Waals surface area contributed by atoms with E-state index in [1.165, 1.54) is 14.2 Å². The number of hydrogen-bond donors (Lipinski definition) is 0. The van der Waals surface area contributed by atoms with E-state index in [9.17, 15) is 22.8 Å². The third-order valence-corrected chi connectivity index (χ3v) is 1.55. The molecule has 0 bridgehead atoms. The molecule has 8 heteroatoms. The number of amides is 1. The highest BCUT2D eigenvalue weighted by molar-refractivity contribution is 5.71. The molecule has 0 N–H and O–H groups in total.